The van der Waals surface area contributed by atoms with E-state index in [4.69, 9.17) is 9.05 Å². The van der Waals surface area contributed by atoms with Crippen molar-refractivity contribution >= 4 is 18.2 Å². The van der Waals surface area contributed by atoms with Crippen molar-refractivity contribution in [2.45, 2.75) is 11.8 Å². The molecule has 0 aliphatic heterocycles. The summed E-state index contributed by atoms with van der Waals surface area (Å²) in [6.45, 7) is -1.00. The van der Waals surface area contributed by atoms with Crippen molar-refractivity contribution in [2.75, 3.05) is 14.2 Å². The Balaban J connectivity index is 2.78. The molecule has 1 aromatic rings. The molecule has 0 amide bonds. The molecular formula is C9H13O3PS. The van der Waals surface area contributed by atoms with Gasteiger partial charge < -0.3 is 9.05 Å². The van der Waals surface area contributed by atoms with E-state index >= 15 is 0 Å². The van der Waals surface area contributed by atoms with Crippen LogP contribution in [0.15, 0.2) is 29.2 Å². The molecule has 1 aromatic carbocycles. The maximum Gasteiger partial charge on any atom is 0.393 e. The quantitative estimate of drug-likeness (QED) is 0.744. The Morgan fingerprint density at radius 1 is 1.14 bits per heavy atom. The summed E-state index contributed by atoms with van der Waals surface area (Å²) in [5, 5.41) is 0. The van der Waals surface area contributed by atoms with Crippen LogP contribution in [0.3, 0.4) is 0 Å². The molecule has 0 spiro atoms. The Hall–Kier alpha value is -0.280. The van der Waals surface area contributed by atoms with Crippen molar-refractivity contribution in [1.82, 2.24) is 0 Å². The Kier molecular flexibility index (Phi) is 4.20. The van der Waals surface area contributed by atoms with Crippen molar-refractivity contribution in [1.29, 1.82) is 0 Å². The van der Waals surface area contributed by atoms with E-state index in [0.29, 0.717) is 0 Å². The molecule has 14 heavy (non-hydrogen) atoms. The molecule has 78 valence electrons. The number of hydrogen-bond acceptors (Lipinski definition) is 4. The minimum absolute atomic E-state index is 0.877. The van der Waals surface area contributed by atoms with Crippen LogP contribution < -0.4 is 0 Å². The van der Waals surface area contributed by atoms with Crippen LogP contribution in [0.5, 0.6) is 0 Å². The van der Waals surface area contributed by atoms with Gasteiger partial charge in [-0.1, -0.05) is 17.7 Å². The van der Waals surface area contributed by atoms with Gasteiger partial charge >= 0.3 is 6.80 Å². The van der Waals surface area contributed by atoms with Crippen LogP contribution >= 0.6 is 18.2 Å². The highest BCUT2D eigenvalue weighted by atomic mass is 32.7. The van der Waals surface area contributed by atoms with E-state index in [2.05, 4.69) is 0 Å². The molecule has 0 N–H and O–H groups in total. The van der Waals surface area contributed by atoms with E-state index in [1.165, 1.54) is 19.8 Å². The topological polar surface area (TPSA) is 35.5 Å². The van der Waals surface area contributed by atoms with Crippen LogP contribution in [0.4, 0.5) is 0 Å². The van der Waals surface area contributed by atoms with Gasteiger partial charge in [0.15, 0.2) is 0 Å². The summed E-state index contributed by atoms with van der Waals surface area (Å²) in [7, 11) is 2.76. The Labute approximate surface area is 88.1 Å². The Bertz CT molecular complexity index is 328. The summed E-state index contributed by atoms with van der Waals surface area (Å²) < 4.78 is 21.4. The maximum absolute atomic E-state index is 11.7. The van der Waals surface area contributed by atoms with Gasteiger partial charge in [-0.05, 0) is 30.4 Å². The third-order valence-electron chi connectivity index (χ3n) is 1.69. The van der Waals surface area contributed by atoms with Crippen molar-refractivity contribution in [3.63, 3.8) is 0 Å². The molecule has 0 fully saturated rings. The van der Waals surface area contributed by atoms with Gasteiger partial charge in [0.1, 0.15) is 0 Å². The van der Waals surface area contributed by atoms with Gasteiger partial charge in [-0.2, -0.15) is 0 Å². The predicted octanol–water partition coefficient (Wildman–Crippen LogP) is 3.49. The SMILES string of the molecule is COP(=O)(OC)Sc1ccc(C)cc1. The number of rotatable bonds is 4. The zero-order chi connectivity index (χ0) is 10.6. The van der Waals surface area contributed by atoms with Gasteiger partial charge in [0, 0.05) is 19.1 Å². The van der Waals surface area contributed by atoms with E-state index in [9.17, 15) is 4.57 Å². The highest BCUT2D eigenvalue weighted by molar-refractivity contribution is 8.55. The molecule has 0 bridgehead atoms. The van der Waals surface area contributed by atoms with Gasteiger partial charge in [-0.15, -0.1) is 0 Å². The minimum atomic E-state index is -3.00. The van der Waals surface area contributed by atoms with E-state index in [0.717, 1.165) is 16.3 Å². The van der Waals surface area contributed by atoms with Crippen molar-refractivity contribution in [3.8, 4) is 0 Å². The van der Waals surface area contributed by atoms with Crippen molar-refractivity contribution in [3.05, 3.63) is 29.8 Å². The second kappa shape index (κ2) is 4.99. The molecule has 3 nitrogen and oxygen atoms in total. The van der Waals surface area contributed by atoms with Crippen LogP contribution in [-0.2, 0) is 13.6 Å². The summed E-state index contributed by atoms with van der Waals surface area (Å²) in [4.78, 5) is 0.877. The van der Waals surface area contributed by atoms with Gasteiger partial charge in [0.05, 0.1) is 0 Å². The van der Waals surface area contributed by atoms with E-state index < -0.39 is 6.80 Å². The third kappa shape index (κ3) is 3.14. The minimum Gasteiger partial charge on any atom is -0.304 e. The number of benzene rings is 1. The summed E-state index contributed by atoms with van der Waals surface area (Å²) >= 11 is 1.11. The first kappa shape index (κ1) is 11.8. The molecule has 0 atom stereocenters. The molecule has 0 aliphatic carbocycles. The lowest BCUT2D eigenvalue weighted by molar-refractivity contribution is 0.295. The molecule has 0 saturated carbocycles. The lowest BCUT2D eigenvalue weighted by Gasteiger charge is -2.11. The fourth-order valence-corrected chi connectivity index (χ4v) is 3.28. The summed E-state index contributed by atoms with van der Waals surface area (Å²) in [5.41, 5.74) is 1.17. The molecule has 1 rings (SSSR count). The van der Waals surface area contributed by atoms with Gasteiger partial charge in [0.2, 0.25) is 0 Å². The van der Waals surface area contributed by atoms with Crippen LogP contribution in [0.1, 0.15) is 5.56 Å². The average molecular weight is 232 g/mol. The first-order valence-corrected chi connectivity index (χ1v) is 7.04. The first-order chi connectivity index (χ1) is 6.59. The van der Waals surface area contributed by atoms with Crippen LogP contribution in [0.2, 0.25) is 0 Å². The summed E-state index contributed by atoms with van der Waals surface area (Å²) in [6.07, 6.45) is 0. The van der Waals surface area contributed by atoms with Gasteiger partial charge in [-0.25, -0.2) is 4.57 Å². The van der Waals surface area contributed by atoms with Crippen LogP contribution in [0.25, 0.3) is 0 Å². The molecule has 5 heteroatoms. The fourth-order valence-electron chi connectivity index (χ4n) is 0.877. The highest BCUT2D eigenvalue weighted by Crippen LogP contribution is 2.62. The third-order valence-corrected chi connectivity index (χ3v) is 5.48. The lowest BCUT2D eigenvalue weighted by atomic mass is 10.2. The molecule has 0 unspecified atom stereocenters. The largest absolute Gasteiger partial charge is 0.393 e. The number of aryl methyl sites for hydroxylation is 1. The molecule has 0 aromatic heterocycles. The maximum atomic E-state index is 11.7. The van der Waals surface area contributed by atoms with E-state index in [-0.39, 0.29) is 0 Å². The zero-order valence-corrected chi connectivity index (χ0v) is 10.1. The van der Waals surface area contributed by atoms with Crippen molar-refractivity contribution < 1.29 is 13.6 Å². The van der Waals surface area contributed by atoms with Crippen LogP contribution in [-0.4, -0.2) is 14.2 Å². The molecular weight excluding hydrogens is 219 g/mol. The standard InChI is InChI=1S/C9H13O3PS/c1-8-4-6-9(7-5-8)14-13(10,11-2)12-3/h4-7H,1-3H3. The monoisotopic (exact) mass is 232 g/mol. The van der Waals surface area contributed by atoms with E-state index in [1.807, 2.05) is 31.2 Å². The molecule has 0 saturated heterocycles. The second-order valence-electron chi connectivity index (χ2n) is 2.72. The molecule has 0 radical (unpaired) electrons. The summed E-state index contributed by atoms with van der Waals surface area (Å²) in [5.74, 6) is 0. The predicted molar refractivity (Wildman–Crippen MR) is 58.7 cm³/mol. The van der Waals surface area contributed by atoms with Gasteiger partial charge in [-0.3, -0.25) is 0 Å². The van der Waals surface area contributed by atoms with Crippen LogP contribution in [0, 0.1) is 6.92 Å². The smallest absolute Gasteiger partial charge is 0.304 e. The second-order valence-corrected chi connectivity index (χ2v) is 6.88. The van der Waals surface area contributed by atoms with Crippen molar-refractivity contribution in [2.24, 2.45) is 0 Å². The Morgan fingerprint density at radius 2 is 1.64 bits per heavy atom. The van der Waals surface area contributed by atoms with Gasteiger partial charge in [0.25, 0.3) is 0 Å². The lowest BCUT2D eigenvalue weighted by Crippen LogP contribution is -1.83. The number of hydrogen-bond donors (Lipinski definition) is 0. The fraction of sp³-hybridized carbons (Fsp3) is 0.333. The molecule has 0 aliphatic rings. The van der Waals surface area contributed by atoms with E-state index in [1.54, 1.807) is 0 Å². The average Bonchev–Trinajstić information content (AvgIpc) is 2.21. The highest BCUT2D eigenvalue weighted by Gasteiger charge is 2.22. The summed E-state index contributed by atoms with van der Waals surface area (Å²) in [6, 6.07) is 7.70. The first-order valence-electron chi connectivity index (χ1n) is 4.07. The zero-order valence-electron chi connectivity index (χ0n) is 8.39. The Morgan fingerprint density at radius 3 is 2.07 bits per heavy atom. The molecule has 0 heterocycles. The normalized spacial score (nSPS) is 11.6.